The molecule has 0 N–H and O–H groups in total. The highest BCUT2D eigenvalue weighted by atomic mass is 35.5. The Morgan fingerprint density at radius 2 is 1.35 bits per heavy atom. The zero-order chi connectivity index (χ0) is 19.2. The number of methoxy groups -OCH3 is 1. The van der Waals surface area contributed by atoms with Crippen LogP contribution in [0.2, 0.25) is 0 Å². The quantitative estimate of drug-likeness (QED) is 0.669. The molecule has 0 saturated heterocycles. The standard InChI is InChI=1S/C14H7Cl4F2N3O3/c1-26-7-4-2-6(3-5-7)21-10(24)22-12(17)8(15)9(16)13(18,14(12,19)20)23(22)11(21)25/h2-5H,1H3. The third-order valence-electron chi connectivity index (χ3n) is 4.47. The topological polar surface area (TPSA) is 58.2 Å². The zero-order valence-electron chi connectivity index (χ0n) is 12.6. The molecule has 2 aliphatic rings. The Morgan fingerprint density at radius 1 is 0.923 bits per heavy atom. The minimum atomic E-state index is -4.02. The van der Waals surface area contributed by atoms with E-state index in [1.807, 2.05) is 0 Å². The van der Waals surface area contributed by atoms with Crippen molar-refractivity contribution in [1.82, 2.24) is 13.9 Å². The summed E-state index contributed by atoms with van der Waals surface area (Å²) >= 11 is 23.8. The second-order valence-corrected chi connectivity index (χ2v) is 7.52. The maximum Gasteiger partial charge on any atom is 0.354 e. The molecular weight excluding hydrogens is 438 g/mol. The number of aromatic nitrogens is 3. The molecule has 138 valence electrons. The average molecular weight is 445 g/mol. The van der Waals surface area contributed by atoms with E-state index in [1.54, 1.807) is 0 Å². The lowest BCUT2D eigenvalue weighted by atomic mass is 10.1. The number of ether oxygens (including phenoxy) is 1. The van der Waals surface area contributed by atoms with Gasteiger partial charge in [0.05, 0.1) is 22.9 Å². The molecule has 6 nitrogen and oxygen atoms in total. The van der Waals surface area contributed by atoms with Gasteiger partial charge in [0.15, 0.2) is 0 Å². The molecule has 2 bridgehead atoms. The molecular formula is C14H7Cl4F2N3O3. The van der Waals surface area contributed by atoms with Crippen LogP contribution in [-0.4, -0.2) is 27.0 Å². The molecule has 2 heterocycles. The fourth-order valence-corrected chi connectivity index (χ4v) is 4.75. The summed E-state index contributed by atoms with van der Waals surface area (Å²) in [5.41, 5.74) is -2.18. The van der Waals surface area contributed by atoms with Gasteiger partial charge in [-0.2, -0.15) is 18.1 Å². The van der Waals surface area contributed by atoms with Gasteiger partial charge in [0.2, 0.25) is 10.00 Å². The van der Waals surface area contributed by atoms with Crippen LogP contribution in [0.4, 0.5) is 8.78 Å². The molecule has 0 saturated carbocycles. The van der Waals surface area contributed by atoms with Gasteiger partial charge in [-0.1, -0.05) is 46.4 Å². The van der Waals surface area contributed by atoms with Crippen molar-refractivity contribution in [2.45, 2.75) is 15.9 Å². The molecule has 0 radical (unpaired) electrons. The zero-order valence-corrected chi connectivity index (χ0v) is 15.7. The van der Waals surface area contributed by atoms with Crippen molar-refractivity contribution in [1.29, 1.82) is 0 Å². The summed E-state index contributed by atoms with van der Waals surface area (Å²) in [6.07, 6.45) is 0. The van der Waals surface area contributed by atoms with Crippen molar-refractivity contribution >= 4 is 46.4 Å². The maximum absolute atomic E-state index is 14.9. The van der Waals surface area contributed by atoms with Gasteiger partial charge in [-0.05, 0) is 24.3 Å². The average Bonchev–Trinajstić information content (AvgIpc) is 3.00. The van der Waals surface area contributed by atoms with Crippen LogP contribution in [-0.2, 0) is 10.00 Å². The number of alkyl halides is 4. The Labute approximate surface area is 163 Å². The number of allylic oxidation sites excluding steroid dienone is 2. The minimum absolute atomic E-state index is 0.102. The highest BCUT2D eigenvalue weighted by molar-refractivity contribution is 6.50. The second-order valence-electron chi connectivity index (χ2n) is 5.67. The number of hydrogen-bond donors (Lipinski definition) is 0. The van der Waals surface area contributed by atoms with Crippen LogP contribution >= 0.6 is 46.4 Å². The number of benzene rings is 1. The van der Waals surface area contributed by atoms with E-state index in [0.717, 1.165) is 0 Å². The molecule has 26 heavy (non-hydrogen) atoms. The SMILES string of the molecule is COc1ccc(-n2c(=O)n3n(c2=O)C2(Cl)C(Cl)=C(Cl)C3(Cl)C2(F)F)cc1. The van der Waals surface area contributed by atoms with E-state index >= 15 is 0 Å². The molecule has 0 amide bonds. The van der Waals surface area contributed by atoms with Crippen molar-refractivity contribution in [3.05, 3.63) is 55.3 Å². The van der Waals surface area contributed by atoms with Crippen LogP contribution in [0.25, 0.3) is 5.69 Å². The number of fused-ring (bicyclic) bond motifs is 5. The molecule has 1 aliphatic carbocycles. The summed E-state index contributed by atoms with van der Waals surface area (Å²) < 4.78 is 36.0. The Balaban J connectivity index is 2.07. The van der Waals surface area contributed by atoms with E-state index in [2.05, 4.69) is 0 Å². The number of halogens is 6. The molecule has 2 atom stereocenters. The molecule has 0 spiro atoms. The highest BCUT2D eigenvalue weighted by Gasteiger charge is 2.83. The van der Waals surface area contributed by atoms with Crippen molar-refractivity contribution in [3.63, 3.8) is 0 Å². The van der Waals surface area contributed by atoms with Crippen molar-refractivity contribution in [2.75, 3.05) is 7.11 Å². The number of rotatable bonds is 2. The first kappa shape index (κ1) is 17.9. The summed E-state index contributed by atoms with van der Waals surface area (Å²) in [5, 5.41) is -1.43. The van der Waals surface area contributed by atoms with E-state index in [4.69, 9.17) is 51.1 Å². The first-order valence-corrected chi connectivity index (χ1v) is 8.50. The van der Waals surface area contributed by atoms with Crippen LogP contribution in [0.1, 0.15) is 0 Å². The highest BCUT2D eigenvalue weighted by Crippen LogP contribution is 2.69. The van der Waals surface area contributed by atoms with Gasteiger partial charge >= 0.3 is 17.3 Å². The molecule has 1 aliphatic heterocycles. The van der Waals surface area contributed by atoms with E-state index in [0.29, 0.717) is 19.7 Å². The van der Waals surface area contributed by atoms with Gasteiger partial charge in [-0.25, -0.2) is 14.2 Å². The largest absolute Gasteiger partial charge is 0.497 e. The maximum atomic E-state index is 14.9. The molecule has 0 fully saturated rings. The van der Waals surface area contributed by atoms with Gasteiger partial charge in [0.1, 0.15) is 5.75 Å². The van der Waals surface area contributed by atoms with E-state index in [-0.39, 0.29) is 5.69 Å². The molecule has 4 rings (SSSR count). The van der Waals surface area contributed by atoms with E-state index < -0.39 is 37.4 Å². The van der Waals surface area contributed by atoms with Gasteiger partial charge in [-0.15, -0.1) is 0 Å². The van der Waals surface area contributed by atoms with Crippen molar-refractivity contribution < 1.29 is 13.5 Å². The van der Waals surface area contributed by atoms with Gasteiger partial charge in [-0.3, -0.25) is 0 Å². The fraction of sp³-hybridized carbons (Fsp3) is 0.286. The smallest absolute Gasteiger partial charge is 0.354 e. The van der Waals surface area contributed by atoms with Crippen molar-refractivity contribution in [3.8, 4) is 11.4 Å². The third kappa shape index (κ3) is 1.61. The number of nitrogens with zero attached hydrogens (tertiary/aromatic N) is 3. The van der Waals surface area contributed by atoms with Crippen LogP contribution in [0.5, 0.6) is 5.75 Å². The van der Waals surface area contributed by atoms with Gasteiger partial charge in [0.25, 0.3) is 0 Å². The Bertz CT molecular complexity index is 1040. The monoisotopic (exact) mass is 443 g/mol. The van der Waals surface area contributed by atoms with Crippen LogP contribution in [0, 0.1) is 0 Å². The van der Waals surface area contributed by atoms with E-state index in [1.165, 1.54) is 31.4 Å². The molecule has 1 aromatic carbocycles. The number of hydrogen-bond acceptors (Lipinski definition) is 3. The molecule has 2 unspecified atom stereocenters. The minimum Gasteiger partial charge on any atom is -0.497 e. The Hall–Kier alpha value is -1.48. The van der Waals surface area contributed by atoms with Gasteiger partial charge in [0, 0.05) is 0 Å². The lowest BCUT2D eigenvalue weighted by Crippen LogP contribution is -2.49. The first-order chi connectivity index (χ1) is 12.0. The first-order valence-electron chi connectivity index (χ1n) is 6.99. The van der Waals surface area contributed by atoms with Crippen LogP contribution in [0.3, 0.4) is 0 Å². The lowest BCUT2D eigenvalue weighted by molar-refractivity contribution is -0.0565. The summed E-state index contributed by atoms with van der Waals surface area (Å²) in [5.74, 6) is -3.55. The predicted molar refractivity (Wildman–Crippen MR) is 92.2 cm³/mol. The predicted octanol–water partition coefficient (Wildman–Crippen LogP) is 2.94. The summed E-state index contributed by atoms with van der Waals surface area (Å²) in [6.45, 7) is 0. The second kappa shape index (κ2) is 5.07. The van der Waals surface area contributed by atoms with Crippen LogP contribution < -0.4 is 16.1 Å². The Kier molecular flexibility index (Phi) is 3.49. The summed E-state index contributed by atoms with van der Waals surface area (Å²) in [4.78, 5) is 19.8. The Morgan fingerprint density at radius 3 is 1.73 bits per heavy atom. The van der Waals surface area contributed by atoms with Gasteiger partial charge < -0.3 is 4.74 Å². The lowest BCUT2D eigenvalue weighted by Gasteiger charge is -2.25. The van der Waals surface area contributed by atoms with Crippen LogP contribution in [0.15, 0.2) is 43.9 Å². The normalized spacial score (nSPS) is 28.6. The molecule has 2 aromatic rings. The van der Waals surface area contributed by atoms with E-state index in [9.17, 15) is 18.4 Å². The molecule has 1 aromatic heterocycles. The fourth-order valence-electron chi connectivity index (χ4n) is 3.17. The van der Waals surface area contributed by atoms with Crippen molar-refractivity contribution in [2.24, 2.45) is 0 Å². The third-order valence-corrected chi connectivity index (χ3v) is 6.85. The molecule has 12 heteroatoms. The summed E-state index contributed by atoms with van der Waals surface area (Å²) in [6, 6.07) is 5.78. The summed E-state index contributed by atoms with van der Waals surface area (Å²) in [7, 11) is 1.44.